The van der Waals surface area contributed by atoms with Crippen molar-refractivity contribution in [3.05, 3.63) is 39.1 Å². The molecular weight excluding hydrogens is 322 g/mol. The van der Waals surface area contributed by atoms with Crippen molar-refractivity contribution in [3.63, 3.8) is 0 Å². The number of guanidine groups is 1. The summed E-state index contributed by atoms with van der Waals surface area (Å²) < 4.78 is 5.45. The molecule has 0 aliphatic carbocycles. The van der Waals surface area contributed by atoms with Crippen LogP contribution in [0.1, 0.15) is 33.6 Å². The van der Waals surface area contributed by atoms with Gasteiger partial charge in [0.05, 0.1) is 25.9 Å². The monoisotopic (exact) mass is 347 g/mol. The van der Waals surface area contributed by atoms with Gasteiger partial charge >= 0.3 is 0 Å². The van der Waals surface area contributed by atoms with Crippen molar-refractivity contribution in [1.29, 1.82) is 0 Å². The molecule has 0 aromatic carbocycles. The Morgan fingerprint density at radius 2 is 1.96 bits per heavy atom. The van der Waals surface area contributed by atoms with Gasteiger partial charge in [-0.25, -0.2) is 4.98 Å². The van der Waals surface area contributed by atoms with Gasteiger partial charge in [-0.1, -0.05) is 6.92 Å². The van der Waals surface area contributed by atoms with Gasteiger partial charge in [-0.2, -0.15) is 0 Å². The Balaban J connectivity index is 1.94. The second kappa shape index (κ2) is 8.63. The Kier molecular flexibility index (Phi) is 6.54. The molecular formula is C17H25N5OS. The molecule has 2 rings (SSSR count). The van der Waals surface area contributed by atoms with Gasteiger partial charge in [0.15, 0.2) is 5.96 Å². The minimum Gasteiger partial charge on any atom is -0.496 e. The molecule has 0 radical (unpaired) electrons. The fourth-order valence-electron chi connectivity index (χ4n) is 2.39. The number of thiazole rings is 1. The van der Waals surface area contributed by atoms with Crippen molar-refractivity contribution in [3.8, 4) is 5.75 Å². The summed E-state index contributed by atoms with van der Waals surface area (Å²) in [6, 6.07) is 0. The van der Waals surface area contributed by atoms with Crippen LogP contribution in [0.15, 0.2) is 17.4 Å². The van der Waals surface area contributed by atoms with Crippen LogP contribution in [0.25, 0.3) is 0 Å². The lowest BCUT2D eigenvalue weighted by molar-refractivity contribution is 0.406. The Morgan fingerprint density at radius 1 is 1.21 bits per heavy atom. The third-order valence-electron chi connectivity index (χ3n) is 3.75. The predicted molar refractivity (Wildman–Crippen MR) is 98.8 cm³/mol. The fraction of sp³-hybridized carbons (Fsp3) is 0.471. The first-order valence-corrected chi connectivity index (χ1v) is 8.77. The normalized spacial score (nSPS) is 11.5. The zero-order chi connectivity index (χ0) is 17.5. The molecule has 2 aromatic rings. The molecule has 2 N–H and O–H groups in total. The quantitative estimate of drug-likeness (QED) is 0.621. The first-order valence-electron chi connectivity index (χ1n) is 7.96. The Labute approximate surface area is 147 Å². The van der Waals surface area contributed by atoms with Crippen molar-refractivity contribution >= 4 is 17.3 Å². The van der Waals surface area contributed by atoms with Gasteiger partial charge in [-0.15, -0.1) is 11.3 Å². The van der Waals surface area contributed by atoms with Crippen LogP contribution in [0, 0.1) is 13.8 Å². The lowest BCUT2D eigenvalue weighted by Crippen LogP contribution is -2.36. The van der Waals surface area contributed by atoms with Gasteiger partial charge in [0.2, 0.25) is 0 Å². The van der Waals surface area contributed by atoms with E-state index in [0.717, 1.165) is 40.0 Å². The molecule has 0 atom stereocenters. The van der Waals surface area contributed by atoms with E-state index in [2.05, 4.69) is 32.5 Å². The number of aliphatic imine (C=N–C) groups is 1. The van der Waals surface area contributed by atoms with Crippen LogP contribution < -0.4 is 15.4 Å². The van der Waals surface area contributed by atoms with Crippen LogP contribution in [0.2, 0.25) is 0 Å². The topological polar surface area (TPSA) is 71.4 Å². The molecule has 6 nitrogen and oxygen atoms in total. The average Bonchev–Trinajstić information content (AvgIpc) is 3.05. The van der Waals surface area contributed by atoms with Gasteiger partial charge in [-0.3, -0.25) is 9.98 Å². The van der Waals surface area contributed by atoms with Gasteiger partial charge in [0, 0.05) is 35.4 Å². The van der Waals surface area contributed by atoms with Crippen molar-refractivity contribution < 1.29 is 4.74 Å². The van der Waals surface area contributed by atoms with E-state index in [1.54, 1.807) is 25.5 Å². The Hall–Kier alpha value is -2.15. The number of nitrogens with one attached hydrogen (secondary N) is 2. The summed E-state index contributed by atoms with van der Waals surface area (Å²) in [5.74, 6) is 1.61. The van der Waals surface area contributed by atoms with Crippen molar-refractivity contribution in [1.82, 2.24) is 20.6 Å². The second-order valence-corrected chi connectivity index (χ2v) is 6.60. The molecule has 0 bridgehead atoms. The minimum absolute atomic E-state index is 0.584. The van der Waals surface area contributed by atoms with Gasteiger partial charge in [0.25, 0.3) is 0 Å². The molecule has 0 saturated carbocycles. The number of aromatic nitrogens is 2. The Bertz CT molecular complexity index is 711. The van der Waals surface area contributed by atoms with Crippen molar-refractivity contribution in [2.24, 2.45) is 4.99 Å². The summed E-state index contributed by atoms with van der Waals surface area (Å²) in [4.78, 5) is 14.4. The summed E-state index contributed by atoms with van der Waals surface area (Å²) in [7, 11) is 3.44. The molecule has 0 amide bonds. The maximum Gasteiger partial charge on any atom is 0.191 e. The number of pyridine rings is 1. The number of aryl methyl sites for hydroxylation is 2. The highest BCUT2D eigenvalue weighted by molar-refractivity contribution is 7.11. The number of methoxy groups -OCH3 is 1. The summed E-state index contributed by atoms with van der Waals surface area (Å²) >= 11 is 1.72. The third kappa shape index (κ3) is 4.44. The molecule has 2 heterocycles. The second-order valence-electron chi connectivity index (χ2n) is 5.40. The van der Waals surface area contributed by atoms with Crippen molar-refractivity contribution in [2.45, 2.75) is 40.3 Å². The number of hydrogen-bond acceptors (Lipinski definition) is 5. The molecule has 0 aliphatic rings. The van der Waals surface area contributed by atoms with Gasteiger partial charge in [-0.05, 0) is 20.3 Å². The highest BCUT2D eigenvalue weighted by Crippen LogP contribution is 2.23. The summed E-state index contributed by atoms with van der Waals surface area (Å²) in [6.45, 7) is 7.40. The number of rotatable bonds is 6. The molecule has 2 aromatic heterocycles. The van der Waals surface area contributed by atoms with Crippen molar-refractivity contribution in [2.75, 3.05) is 14.2 Å². The van der Waals surface area contributed by atoms with Crippen LogP contribution in [0.5, 0.6) is 5.75 Å². The van der Waals surface area contributed by atoms with Crippen LogP contribution in [0.3, 0.4) is 0 Å². The van der Waals surface area contributed by atoms with E-state index in [0.29, 0.717) is 13.1 Å². The van der Waals surface area contributed by atoms with E-state index in [1.807, 2.05) is 26.2 Å². The Morgan fingerprint density at radius 3 is 2.58 bits per heavy atom. The van der Waals surface area contributed by atoms with E-state index in [-0.39, 0.29) is 0 Å². The van der Waals surface area contributed by atoms with Crippen LogP contribution in [-0.2, 0) is 19.5 Å². The standard InChI is InChI=1S/C17H25N5OS/c1-6-13-8-20-15(24-13)10-22-17(18-4)21-9-14-12(3)16(23-5)11(2)7-19-14/h7-8H,6,9-10H2,1-5H3,(H2,18,21,22). The van der Waals surface area contributed by atoms with Gasteiger partial charge in [0.1, 0.15) is 10.8 Å². The average molecular weight is 347 g/mol. The lowest BCUT2D eigenvalue weighted by atomic mass is 10.1. The predicted octanol–water partition coefficient (Wildman–Crippen LogP) is 2.59. The molecule has 24 heavy (non-hydrogen) atoms. The molecule has 0 fully saturated rings. The number of ether oxygens (including phenoxy) is 1. The van der Waals surface area contributed by atoms with E-state index in [9.17, 15) is 0 Å². The van der Waals surface area contributed by atoms with E-state index < -0.39 is 0 Å². The van der Waals surface area contributed by atoms with E-state index in [4.69, 9.17) is 4.74 Å². The third-order valence-corrected chi connectivity index (χ3v) is 4.90. The highest BCUT2D eigenvalue weighted by atomic mass is 32.1. The molecule has 0 unspecified atom stereocenters. The summed E-state index contributed by atoms with van der Waals surface area (Å²) in [6.07, 6.45) is 4.79. The van der Waals surface area contributed by atoms with E-state index in [1.165, 1.54) is 4.88 Å². The maximum atomic E-state index is 5.45. The maximum absolute atomic E-state index is 5.45. The van der Waals surface area contributed by atoms with Gasteiger partial charge < -0.3 is 15.4 Å². The molecule has 130 valence electrons. The first-order chi connectivity index (χ1) is 11.6. The first kappa shape index (κ1) is 18.2. The molecule has 7 heteroatoms. The highest BCUT2D eigenvalue weighted by Gasteiger charge is 2.10. The smallest absolute Gasteiger partial charge is 0.191 e. The van der Waals surface area contributed by atoms with Crippen LogP contribution in [0.4, 0.5) is 0 Å². The fourth-order valence-corrected chi connectivity index (χ4v) is 3.19. The summed E-state index contributed by atoms with van der Waals surface area (Å²) in [5.41, 5.74) is 3.03. The summed E-state index contributed by atoms with van der Waals surface area (Å²) in [5, 5.41) is 7.62. The minimum atomic E-state index is 0.584. The molecule has 0 saturated heterocycles. The zero-order valence-corrected chi connectivity index (χ0v) is 15.8. The zero-order valence-electron chi connectivity index (χ0n) is 14.9. The molecule has 0 spiro atoms. The lowest BCUT2D eigenvalue weighted by Gasteiger charge is -2.14. The number of hydrogen-bond donors (Lipinski definition) is 2. The largest absolute Gasteiger partial charge is 0.496 e. The SMILES string of the molecule is CCc1cnc(CNC(=NC)NCc2ncc(C)c(OC)c2C)s1. The molecule has 0 aliphatic heterocycles. The number of nitrogens with zero attached hydrogens (tertiary/aromatic N) is 3. The van der Waals surface area contributed by atoms with Crippen LogP contribution >= 0.6 is 11.3 Å². The van der Waals surface area contributed by atoms with Crippen LogP contribution in [-0.4, -0.2) is 30.1 Å². The van der Waals surface area contributed by atoms with E-state index >= 15 is 0 Å².